The Morgan fingerprint density at radius 2 is 2.38 bits per heavy atom. The Kier molecular flexibility index (Phi) is 3.96. The van der Waals surface area contributed by atoms with E-state index in [1.807, 2.05) is 6.92 Å². The van der Waals surface area contributed by atoms with Crippen molar-refractivity contribution >= 4 is 0 Å². The maximum atomic E-state index is 8.76. The van der Waals surface area contributed by atoms with Gasteiger partial charge < -0.3 is 14.3 Å². The van der Waals surface area contributed by atoms with Crippen LogP contribution in [0.25, 0.3) is 0 Å². The maximum absolute atomic E-state index is 8.76. The van der Waals surface area contributed by atoms with Crippen LogP contribution in [-0.4, -0.2) is 29.9 Å². The Labute approximate surface area is 95.6 Å². The first-order chi connectivity index (χ1) is 7.81. The quantitative estimate of drug-likeness (QED) is 0.849. The number of rotatable bonds is 4. The molecule has 1 N–H and O–H groups in total. The van der Waals surface area contributed by atoms with Gasteiger partial charge in [0, 0.05) is 25.6 Å². The SMILES string of the molecule is Cc1oc(CCCO)nc1C1CCCOC1. The molecule has 0 spiro atoms. The summed E-state index contributed by atoms with van der Waals surface area (Å²) in [6.45, 7) is 3.76. The Balaban J connectivity index is 2.04. The summed E-state index contributed by atoms with van der Waals surface area (Å²) in [7, 11) is 0. The minimum atomic E-state index is 0.184. The van der Waals surface area contributed by atoms with Gasteiger partial charge in [-0.25, -0.2) is 4.98 Å². The molecule has 1 atom stereocenters. The minimum Gasteiger partial charge on any atom is -0.446 e. The van der Waals surface area contributed by atoms with Crippen molar-refractivity contribution < 1.29 is 14.3 Å². The molecule has 4 heteroatoms. The van der Waals surface area contributed by atoms with Crippen LogP contribution in [-0.2, 0) is 11.2 Å². The van der Waals surface area contributed by atoms with Gasteiger partial charge in [-0.2, -0.15) is 0 Å². The highest BCUT2D eigenvalue weighted by Gasteiger charge is 2.22. The molecule has 0 radical (unpaired) electrons. The molecular formula is C12H19NO3. The van der Waals surface area contributed by atoms with E-state index >= 15 is 0 Å². The number of aliphatic hydroxyl groups is 1. The van der Waals surface area contributed by atoms with Gasteiger partial charge in [-0.15, -0.1) is 0 Å². The second kappa shape index (κ2) is 5.46. The molecule has 0 amide bonds. The van der Waals surface area contributed by atoms with Crippen molar-refractivity contribution in [2.45, 2.75) is 38.5 Å². The smallest absolute Gasteiger partial charge is 0.194 e. The number of hydrogen-bond acceptors (Lipinski definition) is 4. The Morgan fingerprint density at radius 3 is 3.06 bits per heavy atom. The summed E-state index contributed by atoms with van der Waals surface area (Å²) in [6.07, 6.45) is 3.65. The second-order valence-corrected chi connectivity index (χ2v) is 4.29. The van der Waals surface area contributed by atoms with Gasteiger partial charge in [-0.1, -0.05) is 0 Å². The van der Waals surface area contributed by atoms with Crippen LogP contribution in [0.3, 0.4) is 0 Å². The summed E-state index contributed by atoms with van der Waals surface area (Å²) in [6, 6.07) is 0. The van der Waals surface area contributed by atoms with Gasteiger partial charge in [0.05, 0.1) is 12.3 Å². The van der Waals surface area contributed by atoms with Crippen LogP contribution < -0.4 is 0 Å². The summed E-state index contributed by atoms with van der Waals surface area (Å²) < 4.78 is 11.1. The molecule has 0 bridgehead atoms. The van der Waals surface area contributed by atoms with Crippen molar-refractivity contribution in [2.24, 2.45) is 0 Å². The number of aromatic nitrogens is 1. The first-order valence-electron chi connectivity index (χ1n) is 5.96. The summed E-state index contributed by atoms with van der Waals surface area (Å²) in [5, 5.41) is 8.76. The van der Waals surface area contributed by atoms with Gasteiger partial charge >= 0.3 is 0 Å². The zero-order valence-corrected chi connectivity index (χ0v) is 9.74. The van der Waals surface area contributed by atoms with Gasteiger partial charge in [0.25, 0.3) is 0 Å². The van der Waals surface area contributed by atoms with Crippen LogP contribution in [0, 0.1) is 6.92 Å². The molecule has 1 aliphatic rings. The van der Waals surface area contributed by atoms with E-state index in [4.69, 9.17) is 14.3 Å². The first-order valence-corrected chi connectivity index (χ1v) is 5.96. The predicted octanol–water partition coefficient (Wildman–Crippen LogP) is 1.80. The van der Waals surface area contributed by atoms with Crippen molar-refractivity contribution in [1.82, 2.24) is 4.98 Å². The van der Waals surface area contributed by atoms with Crippen molar-refractivity contribution in [3.63, 3.8) is 0 Å². The van der Waals surface area contributed by atoms with E-state index in [9.17, 15) is 0 Å². The lowest BCUT2D eigenvalue weighted by Gasteiger charge is -2.20. The summed E-state index contributed by atoms with van der Waals surface area (Å²) >= 11 is 0. The predicted molar refractivity (Wildman–Crippen MR) is 59.4 cm³/mol. The van der Waals surface area contributed by atoms with Crippen molar-refractivity contribution in [3.8, 4) is 0 Å². The zero-order valence-electron chi connectivity index (χ0n) is 9.74. The molecule has 2 rings (SSSR count). The molecule has 16 heavy (non-hydrogen) atoms. The van der Waals surface area contributed by atoms with E-state index in [2.05, 4.69) is 4.98 Å². The van der Waals surface area contributed by atoms with E-state index in [0.29, 0.717) is 18.8 Å². The van der Waals surface area contributed by atoms with E-state index in [1.165, 1.54) is 0 Å². The third-order valence-corrected chi connectivity index (χ3v) is 2.97. The topological polar surface area (TPSA) is 55.5 Å². The number of aryl methyl sites for hydroxylation is 2. The molecule has 1 aliphatic heterocycles. The molecule has 1 aromatic rings. The first kappa shape index (κ1) is 11.6. The summed E-state index contributed by atoms with van der Waals surface area (Å²) in [4.78, 5) is 4.51. The van der Waals surface area contributed by atoms with Gasteiger partial charge in [0.15, 0.2) is 5.89 Å². The van der Waals surface area contributed by atoms with Crippen LogP contribution in [0.1, 0.15) is 42.5 Å². The number of ether oxygens (including phenoxy) is 1. The molecule has 1 fully saturated rings. The Bertz CT molecular complexity index is 329. The van der Waals surface area contributed by atoms with Crippen LogP contribution in [0.2, 0.25) is 0 Å². The van der Waals surface area contributed by atoms with E-state index in [0.717, 1.165) is 43.4 Å². The van der Waals surface area contributed by atoms with E-state index in [-0.39, 0.29) is 6.61 Å². The minimum absolute atomic E-state index is 0.184. The maximum Gasteiger partial charge on any atom is 0.194 e. The van der Waals surface area contributed by atoms with Gasteiger partial charge in [0.1, 0.15) is 5.76 Å². The zero-order chi connectivity index (χ0) is 11.4. The van der Waals surface area contributed by atoms with Crippen molar-refractivity contribution in [2.75, 3.05) is 19.8 Å². The number of nitrogens with zero attached hydrogens (tertiary/aromatic N) is 1. The fourth-order valence-corrected chi connectivity index (χ4v) is 2.14. The highest BCUT2D eigenvalue weighted by atomic mass is 16.5. The molecule has 0 aliphatic carbocycles. The van der Waals surface area contributed by atoms with Crippen LogP contribution in [0.15, 0.2) is 4.42 Å². The normalized spacial score (nSPS) is 21.2. The molecule has 4 nitrogen and oxygen atoms in total. The fourth-order valence-electron chi connectivity index (χ4n) is 2.14. The molecule has 1 unspecified atom stereocenters. The third kappa shape index (κ3) is 2.62. The molecule has 1 saturated heterocycles. The molecular weight excluding hydrogens is 206 g/mol. The highest BCUT2D eigenvalue weighted by molar-refractivity contribution is 5.14. The monoisotopic (exact) mass is 225 g/mol. The average Bonchev–Trinajstić information content (AvgIpc) is 2.69. The molecule has 90 valence electrons. The Hall–Kier alpha value is -0.870. The number of aliphatic hydroxyl groups excluding tert-OH is 1. The number of oxazole rings is 1. The van der Waals surface area contributed by atoms with Crippen molar-refractivity contribution in [3.05, 3.63) is 17.3 Å². The van der Waals surface area contributed by atoms with Crippen LogP contribution >= 0.6 is 0 Å². The third-order valence-electron chi connectivity index (χ3n) is 2.97. The van der Waals surface area contributed by atoms with Crippen molar-refractivity contribution in [1.29, 1.82) is 0 Å². The summed E-state index contributed by atoms with van der Waals surface area (Å²) in [5.74, 6) is 2.04. The highest BCUT2D eigenvalue weighted by Crippen LogP contribution is 2.27. The lowest BCUT2D eigenvalue weighted by molar-refractivity contribution is 0.0790. The second-order valence-electron chi connectivity index (χ2n) is 4.29. The lowest BCUT2D eigenvalue weighted by Crippen LogP contribution is -2.16. The Morgan fingerprint density at radius 1 is 1.50 bits per heavy atom. The van der Waals surface area contributed by atoms with E-state index in [1.54, 1.807) is 0 Å². The van der Waals surface area contributed by atoms with Gasteiger partial charge in [0.2, 0.25) is 0 Å². The number of hydrogen-bond donors (Lipinski definition) is 1. The molecule has 0 aromatic carbocycles. The molecule has 0 saturated carbocycles. The molecule has 2 heterocycles. The van der Waals surface area contributed by atoms with Crippen LogP contribution in [0.4, 0.5) is 0 Å². The van der Waals surface area contributed by atoms with Gasteiger partial charge in [-0.05, 0) is 26.2 Å². The van der Waals surface area contributed by atoms with Crippen LogP contribution in [0.5, 0.6) is 0 Å². The summed E-state index contributed by atoms with van der Waals surface area (Å²) in [5.41, 5.74) is 1.05. The largest absolute Gasteiger partial charge is 0.446 e. The molecule has 1 aromatic heterocycles. The van der Waals surface area contributed by atoms with Gasteiger partial charge in [-0.3, -0.25) is 0 Å². The fraction of sp³-hybridized carbons (Fsp3) is 0.750. The van der Waals surface area contributed by atoms with E-state index < -0.39 is 0 Å². The lowest BCUT2D eigenvalue weighted by atomic mass is 9.98. The standard InChI is InChI=1S/C12H19NO3/c1-9-12(10-4-3-7-15-8-10)13-11(16-9)5-2-6-14/h10,14H,2-8H2,1H3. The average molecular weight is 225 g/mol.